The van der Waals surface area contributed by atoms with E-state index in [-0.39, 0.29) is 5.57 Å². The molecule has 1 heterocycles. The first-order valence-corrected chi connectivity index (χ1v) is 6.99. The molecule has 0 atom stereocenters. The standard InChI is InChI=1S/C17H20O5/c1-16(2,3)17(4)21-14(18)13(15(19)22-17)10-11-6-8-12(20-5)9-7-11/h6-10H,1-5H3. The molecule has 0 unspecified atom stereocenters. The fourth-order valence-electron chi connectivity index (χ4n) is 1.86. The normalized spacial score (nSPS) is 22.0. The van der Waals surface area contributed by atoms with E-state index in [2.05, 4.69) is 0 Å². The third kappa shape index (κ3) is 2.98. The molecule has 0 bridgehead atoms. The Morgan fingerprint density at radius 1 is 1.05 bits per heavy atom. The molecule has 1 aromatic rings. The Labute approximate surface area is 129 Å². The SMILES string of the molecule is COc1ccc(C=C2C(=O)OC(C)(C(C)(C)C)OC2=O)cc1. The van der Waals surface area contributed by atoms with Crippen LogP contribution in [0.2, 0.25) is 0 Å². The minimum absolute atomic E-state index is 0.119. The van der Waals surface area contributed by atoms with Crippen LogP contribution in [-0.2, 0) is 19.1 Å². The van der Waals surface area contributed by atoms with Gasteiger partial charge in [-0.15, -0.1) is 0 Å². The molecule has 0 aliphatic carbocycles. The fourth-order valence-corrected chi connectivity index (χ4v) is 1.86. The van der Waals surface area contributed by atoms with Crippen molar-refractivity contribution in [2.75, 3.05) is 7.11 Å². The highest BCUT2D eigenvalue weighted by molar-refractivity contribution is 6.18. The van der Waals surface area contributed by atoms with Gasteiger partial charge in [-0.2, -0.15) is 0 Å². The molecule has 0 radical (unpaired) electrons. The average molecular weight is 304 g/mol. The van der Waals surface area contributed by atoms with Crippen molar-refractivity contribution in [3.8, 4) is 5.75 Å². The van der Waals surface area contributed by atoms with E-state index in [4.69, 9.17) is 14.2 Å². The molecule has 22 heavy (non-hydrogen) atoms. The monoisotopic (exact) mass is 304 g/mol. The summed E-state index contributed by atoms with van der Waals surface area (Å²) in [7, 11) is 1.57. The van der Waals surface area contributed by atoms with Crippen molar-refractivity contribution in [3.05, 3.63) is 35.4 Å². The number of hydrogen-bond acceptors (Lipinski definition) is 5. The fraction of sp³-hybridized carbons (Fsp3) is 0.412. The first-order chi connectivity index (χ1) is 10.2. The first kappa shape index (κ1) is 16.1. The van der Waals surface area contributed by atoms with Gasteiger partial charge in [0.15, 0.2) is 0 Å². The van der Waals surface area contributed by atoms with E-state index in [1.165, 1.54) is 6.08 Å². The lowest BCUT2D eigenvalue weighted by molar-refractivity contribution is -0.261. The first-order valence-electron chi connectivity index (χ1n) is 6.99. The van der Waals surface area contributed by atoms with Crippen molar-refractivity contribution < 1.29 is 23.8 Å². The van der Waals surface area contributed by atoms with Gasteiger partial charge in [-0.1, -0.05) is 32.9 Å². The second-order valence-electron chi connectivity index (χ2n) is 6.31. The van der Waals surface area contributed by atoms with Crippen LogP contribution in [0.25, 0.3) is 6.08 Å². The van der Waals surface area contributed by atoms with E-state index in [9.17, 15) is 9.59 Å². The minimum Gasteiger partial charge on any atom is -0.497 e. The van der Waals surface area contributed by atoms with Crippen molar-refractivity contribution in [2.45, 2.75) is 33.5 Å². The number of ether oxygens (including phenoxy) is 3. The third-order valence-corrected chi connectivity index (χ3v) is 3.80. The van der Waals surface area contributed by atoms with E-state index in [1.807, 2.05) is 20.8 Å². The predicted octanol–water partition coefficient (Wildman–Crippen LogP) is 2.94. The van der Waals surface area contributed by atoms with Gasteiger partial charge >= 0.3 is 11.9 Å². The molecule has 5 heteroatoms. The van der Waals surface area contributed by atoms with Gasteiger partial charge in [-0.25, -0.2) is 9.59 Å². The number of esters is 2. The quantitative estimate of drug-likeness (QED) is 0.477. The number of rotatable bonds is 2. The Morgan fingerprint density at radius 2 is 1.55 bits per heavy atom. The number of carbonyl (C=O) groups is 2. The van der Waals surface area contributed by atoms with Crippen LogP contribution in [0.4, 0.5) is 0 Å². The second kappa shape index (κ2) is 5.48. The summed E-state index contributed by atoms with van der Waals surface area (Å²) >= 11 is 0. The minimum atomic E-state index is -1.28. The molecule has 1 fully saturated rings. The molecule has 2 rings (SSSR count). The summed E-state index contributed by atoms with van der Waals surface area (Å²) in [5.41, 5.74) is 0.0419. The Balaban J connectivity index is 2.28. The number of methoxy groups -OCH3 is 1. The number of benzene rings is 1. The highest BCUT2D eigenvalue weighted by Crippen LogP contribution is 2.38. The highest BCUT2D eigenvalue weighted by Gasteiger charge is 2.50. The maximum Gasteiger partial charge on any atom is 0.348 e. The predicted molar refractivity (Wildman–Crippen MR) is 81.0 cm³/mol. The molecule has 0 amide bonds. The van der Waals surface area contributed by atoms with Gasteiger partial charge in [0.1, 0.15) is 11.3 Å². The Hall–Kier alpha value is -2.30. The summed E-state index contributed by atoms with van der Waals surface area (Å²) in [6.07, 6.45) is 1.45. The van der Waals surface area contributed by atoms with Crippen molar-refractivity contribution >= 4 is 18.0 Å². The van der Waals surface area contributed by atoms with Gasteiger partial charge in [0.25, 0.3) is 5.79 Å². The van der Waals surface area contributed by atoms with E-state index in [0.29, 0.717) is 11.3 Å². The van der Waals surface area contributed by atoms with Crippen LogP contribution in [0.5, 0.6) is 5.75 Å². The largest absolute Gasteiger partial charge is 0.497 e. The Bertz CT molecular complexity index is 599. The zero-order valence-electron chi connectivity index (χ0n) is 13.4. The van der Waals surface area contributed by atoms with Crippen LogP contribution in [0.15, 0.2) is 29.8 Å². The maximum atomic E-state index is 12.2. The van der Waals surface area contributed by atoms with Gasteiger partial charge in [0.05, 0.1) is 7.11 Å². The van der Waals surface area contributed by atoms with Crippen LogP contribution in [0, 0.1) is 5.41 Å². The maximum absolute atomic E-state index is 12.2. The van der Waals surface area contributed by atoms with Gasteiger partial charge < -0.3 is 14.2 Å². The number of carbonyl (C=O) groups excluding carboxylic acids is 2. The lowest BCUT2D eigenvalue weighted by Gasteiger charge is -2.42. The van der Waals surface area contributed by atoms with Crippen molar-refractivity contribution in [3.63, 3.8) is 0 Å². The number of hydrogen-bond donors (Lipinski definition) is 0. The summed E-state index contributed by atoms with van der Waals surface area (Å²) in [5.74, 6) is -1.94. The van der Waals surface area contributed by atoms with Crippen molar-refractivity contribution in [1.82, 2.24) is 0 Å². The molecule has 1 aliphatic rings. The van der Waals surface area contributed by atoms with Crippen molar-refractivity contribution in [1.29, 1.82) is 0 Å². The lowest BCUT2D eigenvalue weighted by atomic mass is 9.85. The molecule has 0 aromatic heterocycles. The summed E-state index contributed by atoms with van der Waals surface area (Å²) < 4.78 is 15.8. The smallest absolute Gasteiger partial charge is 0.348 e. The van der Waals surface area contributed by atoms with Gasteiger partial charge in [0.2, 0.25) is 0 Å². The molecule has 0 spiro atoms. The van der Waals surface area contributed by atoms with E-state index in [0.717, 1.165) is 0 Å². The summed E-state index contributed by atoms with van der Waals surface area (Å²) in [4.78, 5) is 24.4. The average Bonchev–Trinajstić information content (AvgIpc) is 2.42. The van der Waals surface area contributed by atoms with E-state index >= 15 is 0 Å². The molecular formula is C17H20O5. The van der Waals surface area contributed by atoms with Crippen LogP contribution < -0.4 is 4.74 Å². The van der Waals surface area contributed by atoms with Crippen LogP contribution in [-0.4, -0.2) is 24.8 Å². The topological polar surface area (TPSA) is 61.8 Å². The van der Waals surface area contributed by atoms with Crippen LogP contribution >= 0.6 is 0 Å². The molecule has 1 aromatic carbocycles. The molecule has 0 saturated carbocycles. The molecule has 1 aliphatic heterocycles. The molecular weight excluding hydrogens is 284 g/mol. The zero-order valence-corrected chi connectivity index (χ0v) is 13.4. The van der Waals surface area contributed by atoms with Gasteiger partial charge in [-0.05, 0) is 23.8 Å². The van der Waals surface area contributed by atoms with E-state index in [1.54, 1.807) is 38.3 Å². The third-order valence-electron chi connectivity index (χ3n) is 3.80. The molecule has 118 valence electrons. The van der Waals surface area contributed by atoms with Crippen molar-refractivity contribution in [2.24, 2.45) is 5.41 Å². The zero-order chi connectivity index (χ0) is 16.5. The Kier molecular flexibility index (Phi) is 4.00. The summed E-state index contributed by atoms with van der Waals surface area (Å²) in [6.45, 7) is 7.11. The Morgan fingerprint density at radius 3 is 1.95 bits per heavy atom. The van der Waals surface area contributed by atoms with Gasteiger partial charge in [0, 0.05) is 12.3 Å². The summed E-state index contributed by atoms with van der Waals surface area (Å²) in [6, 6.07) is 6.96. The van der Waals surface area contributed by atoms with Crippen LogP contribution in [0.1, 0.15) is 33.3 Å². The second-order valence-corrected chi connectivity index (χ2v) is 6.31. The molecule has 1 saturated heterocycles. The molecule has 5 nitrogen and oxygen atoms in total. The molecule has 0 N–H and O–H groups in total. The highest BCUT2D eigenvalue weighted by atomic mass is 16.7. The lowest BCUT2D eigenvalue weighted by Crippen LogP contribution is -2.52. The van der Waals surface area contributed by atoms with Gasteiger partial charge in [-0.3, -0.25) is 0 Å². The van der Waals surface area contributed by atoms with E-state index < -0.39 is 23.1 Å². The van der Waals surface area contributed by atoms with Crippen LogP contribution in [0.3, 0.4) is 0 Å². The number of cyclic esters (lactones) is 2. The summed E-state index contributed by atoms with van der Waals surface area (Å²) in [5, 5.41) is 0.